The van der Waals surface area contributed by atoms with Gasteiger partial charge >= 0.3 is 0 Å². The van der Waals surface area contributed by atoms with Gasteiger partial charge in [-0.3, -0.25) is 4.79 Å². The van der Waals surface area contributed by atoms with E-state index in [1.165, 1.54) is 11.3 Å². The molecule has 0 bridgehead atoms. The normalized spacial score (nSPS) is 23.0. The zero-order chi connectivity index (χ0) is 25.1. The van der Waals surface area contributed by atoms with Crippen molar-refractivity contribution in [3.63, 3.8) is 0 Å². The molecule has 0 aromatic heterocycles. The van der Waals surface area contributed by atoms with E-state index in [0.29, 0.717) is 18.1 Å². The highest BCUT2D eigenvalue weighted by Gasteiger charge is 2.50. The van der Waals surface area contributed by atoms with Gasteiger partial charge in [0.2, 0.25) is 5.91 Å². The predicted octanol–water partition coefficient (Wildman–Crippen LogP) is 6.12. The number of phenolic OH excluding ortho intramolecular Hbond substituents is 1. The maximum Gasteiger partial charge on any atom is 0.233 e. The topological polar surface area (TPSA) is 52.6 Å². The Hall–Kier alpha value is -3.24. The number of carbonyl (C=O) groups is 1. The van der Waals surface area contributed by atoms with E-state index in [2.05, 4.69) is 64.8 Å². The van der Waals surface area contributed by atoms with E-state index < -0.39 is 5.41 Å². The number of benzene rings is 3. The molecule has 1 amide bonds. The first kappa shape index (κ1) is 22.9. The molecule has 3 aromatic carbocycles. The van der Waals surface area contributed by atoms with Gasteiger partial charge in [-0.25, -0.2) is 0 Å². The number of aryl methyl sites for hydroxylation is 2. The summed E-state index contributed by atoms with van der Waals surface area (Å²) in [4.78, 5) is 16.2. The van der Waals surface area contributed by atoms with Crippen molar-refractivity contribution in [2.75, 3.05) is 29.2 Å². The minimum absolute atomic E-state index is 0.0179. The van der Waals surface area contributed by atoms with Crippen LogP contribution in [-0.2, 0) is 35.9 Å². The van der Waals surface area contributed by atoms with E-state index in [9.17, 15) is 9.90 Å². The molecule has 3 heterocycles. The third kappa shape index (κ3) is 3.45. The maximum absolute atomic E-state index is 13.7. The summed E-state index contributed by atoms with van der Waals surface area (Å²) >= 11 is 6.07. The molecule has 4 aliphatic rings. The minimum Gasteiger partial charge on any atom is -0.507 e. The smallest absolute Gasteiger partial charge is 0.233 e. The van der Waals surface area contributed by atoms with Crippen LogP contribution < -0.4 is 10.2 Å². The van der Waals surface area contributed by atoms with Gasteiger partial charge in [-0.2, -0.15) is 0 Å². The molecule has 4 nitrogen and oxygen atoms in total. The Bertz CT molecular complexity index is 1460. The van der Waals surface area contributed by atoms with Gasteiger partial charge in [0.1, 0.15) is 5.75 Å². The molecule has 0 radical (unpaired) electrons. The molecule has 1 aliphatic carbocycles. The Morgan fingerprint density at radius 2 is 1.92 bits per heavy atom. The number of allylic oxidation sites excluding steroid dienone is 1. The highest BCUT2D eigenvalue weighted by atomic mass is 35.5. The van der Waals surface area contributed by atoms with Crippen LogP contribution in [0.2, 0.25) is 0 Å². The van der Waals surface area contributed by atoms with Crippen LogP contribution in [-0.4, -0.2) is 30.0 Å². The summed E-state index contributed by atoms with van der Waals surface area (Å²) in [6, 6.07) is 16.9. The number of alkyl halides is 1. The monoisotopic (exact) mass is 510 g/mol. The first-order valence-electron chi connectivity index (χ1n) is 13.5. The molecule has 2 atom stereocenters. The minimum atomic E-state index is -0.590. The molecule has 3 aromatic rings. The second-order valence-electron chi connectivity index (χ2n) is 11.0. The van der Waals surface area contributed by atoms with Crippen LogP contribution in [0.15, 0.2) is 54.6 Å². The fourth-order valence-corrected chi connectivity index (χ4v) is 7.57. The van der Waals surface area contributed by atoms with Crippen LogP contribution in [0.25, 0.3) is 6.08 Å². The number of carbonyl (C=O) groups excluding carboxylic acids is 1. The first-order chi connectivity index (χ1) is 18.1. The maximum atomic E-state index is 13.7. The van der Waals surface area contributed by atoms with Crippen molar-refractivity contribution in [3.8, 4) is 5.75 Å². The first-order valence-corrected chi connectivity index (χ1v) is 14.0. The van der Waals surface area contributed by atoms with E-state index in [4.69, 9.17) is 11.6 Å². The fraction of sp³-hybridized carbons (Fsp3) is 0.344. The number of aromatic hydroxyl groups is 1. The number of hydrogen-bond donors (Lipinski definition) is 2. The van der Waals surface area contributed by atoms with Crippen molar-refractivity contribution < 1.29 is 9.90 Å². The summed E-state index contributed by atoms with van der Waals surface area (Å²) in [6.45, 7) is 2.14. The molecule has 7 rings (SSSR count). The average Bonchev–Trinajstić information content (AvgIpc) is 3.44. The van der Waals surface area contributed by atoms with Crippen molar-refractivity contribution in [1.82, 2.24) is 0 Å². The standard InChI is InChI=1S/C32H31ClN2O2/c33-14-12-20-9-10-27-25(17-20)28(31(37)34-27)32(13-11-21-5-1-2-8-26(21)32)19-23-18-22-6-3-15-35-16-4-7-24(29(22)35)30(23)36/h1-2,5,8-11,13,17-18,28,36H,3-4,6-7,12,14-16,19H2,(H,34,37). The Balaban J connectivity index is 1.41. The fourth-order valence-electron chi connectivity index (χ4n) is 7.35. The quantitative estimate of drug-likeness (QED) is 0.407. The second-order valence-corrected chi connectivity index (χ2v) is 11.4. The summed E-state index contributed by atoms with van der Waals surface area (Å²) in [5.41, 5.74) is 9.43. The number of nitrogens with zero attached hydrogens (tertiary/aromatic N) is 1. The highest BCUT2D eigenvalue weighted by Crippen LogP contribution is 2.54. The molecule has 2 unspecified atom stereocenters. The molecule has 0 spiro atoms. The summed E-state index contributed by atoms with van der Waals surface area (Å²) in [6.07, 6.45) is 9.88. The van der Waals surface area contributed by atoms with Crippen molar-refractivity contribution in [2.45, 2.75) is 49.9 Å². The lowest BCUT2D eigenvalue weighted by molar-refractivity contribution is -0.118. The number of phenols is 1. The number of amides is 1. The number of rotatable bonds is 5. The van der Waals surface area contributed by atoms with Crippen molar-refractivity contribution >= 4 is 35.0 Å². The van der Waals surface area contributed by atoms with E-state index >= 15 is 0 Å². The summed E-state index contributed by atoms with van der Waals surface area (Å²) in [5, 5.41) is 14.8. The molecule has 37 heavy (non-hydrogen) atoms. The second kappa shape index (κ2) is 8.66. The van der Waals surface area contributed by atoms with E-state index in [1.807, 2.05) is 6.07 Å². The third-order valence-corrected chi connectivity index (χ3v) is 9.11. The SMILES string of the molecule is O=C1Nc2ccc(CCCl)cc2C1C1(Cc2cc3c4c(c2O)CCCN4CCC3)C=Cc2ccccc21. The number of hydrogen-bond acceptors (Lipinski definition) is 3. The Kier molecular flexibility index (Phi) is 5.37. The van der Waals surface area contributed by atoms with Crippen LogP contribution in [0.5, 0.6) is 5.75 Å². The van der Waals surface area contributed by atoms with Crippen LogP contribution in [0.4, 0.5) is 11.4 Å². The van der Waals surface area contributed by atoms with E-state index in [0.717, 1.165) is 84.3 Å². The van der Waals surface area contributed by atoms with Gasteiger partial charge < -0.3 is 15.3 Å². The Labute approximate surface area is 223 Å². The van der Waals surface area contributed by atoms with Gasteiger partial charge in [-0.05, 0) is 78.0 Å². The van der Waals surface area contributed by atoms with Crippen molar-refractivity contribution in [2.24, 2.45) is 0 Å². The van der Waals surface area contributed by atoms with Crippen molar-refractivity contribution in [3.05, 3.63) is 93.6 Å². The lowest BCUT2D eigenvalue weighted by Crippen LogP contribution is -2.38. The van der Waals surface area contributed by atoms with Gasteiger partial charge in [0, 0.05) is 41.3 Å². The molecule has 0 saturated carbocycles. The summed E-state index contributed by atoms with van der Waals surface area (Å²) < 4.78 is 0. The van der Waals surface area contributed by atoms with Crippen molar-refractivity contribution in [1.29, 1.82) is 0 Å². The van der Waals surface area contributed by atoms with Gasteiger partial charge in [-0.1, -0.05) is 54.6 Å². The van der Waals surface area contributed by atoms with Crippen LogP contribution in [0, 0.1) is 0 Å². The molecule has 0 saturated heterocycles. The third-order valence-electron chi connectivity index (χ3n) is 8.92. The van der Waals surface area contributed by atoms with Gasteiger partial charge in [0.25, 0.3) is 0 Å². The molecule has 5 heteroatoms. The van der Waals surface area contributed by atoms with E-state index in [1.54, 1.807) is 0 Å². The van der Waals surface area contributed by atoms with Crippen LogP contribution in [0.3, 0.4) is 0 Å². The molecule has 2 N–H and O–H groups in total. The zero-order valence-corrected chi connectivity index (χ0v) is 21.7. The molecule has 188 valence electrons. The van der Waals surface area contributed by atoms with Crippen LogP contribution in [0.1, 0.15) is 57.7 Å². The average molecular weight is 511 g/mol. The highest BCUT2D eigenvalue weighted by molar-refractivity contribution is 6.18. The molecular formula is C32H31ClN2O2. The molecule has 0 fully saturated rings. The van der Waals surface area contributed by atoms with Gasteiger partial charge in [0.15, 0.2) is 0 Å². The largest absolute Gasteiger partial charge is 0.507 e. The molecule has 3 aliphatic heterocycles. The van der Waals surface area contributed by atoms with E-state index in [-0.39, 0.29) is 11.8 Å². The van der Waals surface area contributed by atoms with Gasteiger partial charge in [-0.15, -0.1) is 11.6 Å². The summed E-state index contributed by atoms with van der Waals surface area (Å²) in [7, 11) is 0. The summed E-state index contributed by atoms with van der Waals surface area (Å²) in [5.74, 6) is 0.601. The Morgan fingerprint density at radius 3 is 2.78 bits per heavy atom. The number of anilines is 2. The predicted molar refractivity (Wildman–Crippen MR) is 150 cm³/mol. The lowest BCUT2D eigenvalue weighted by Gasteiger charge is -2.39. The molecular weight excluding hydrogens is 480 g/mol. The number of fused-ring (bicyclic) bond motifs is 2. The zero-order valence-electron chi connectivity index (χ0n) is 20.9. The Morgan fingerprint density at radius 1 is 1.08 bits per heavy atom. The van der Waals surface area contributed by atoms with Gasteiger partial charge in [0.05, 0.1) is 5.92 Å². The lowest BCUT2D eigenvalue weighted by atomic mass is 9.65. The number of nitrogens with one attached hydrogen (secondary N) is 1. The van der Waals surface area contributed by atoms with Crippen LogP contribution >= 0.6 is 11.6 Å². The number of halogens is 1.